The first-order chi connectivity index (χ1) is 0. The zero-order valence-electron chi connectivity index (χ0n) is 3.16. The molecule has 0 aromatic carbocycles. The Bertz CT molecular complexity index is 4.14. The van der Waals surface area contributed by atoms with E-state index in [1.807, 2.05) is 0 Å². The molecule has 0 rings (SSSR count). The van der Waals surface area contributed by atoms with Crippen molar-refractivity contribution in [2.45, 2.75) is 0 Å². The molecule has 0 aliphatic carbocycles. The molecule has 0 aromatic rings. The quantitative estimate of drug-likeness (QED) is 0.460. The average Bonchev–Trinajstić information content (AvgIpc) is 0. The topological polar surface area (TPSA) is 0 Å². The minimum absolute atomic E-state index is 0. The third kappa shape index (κ3) is 501. The van der Waals surface area contributed by atoms with Gasteiger partial charge in [0.15, 0.2) is 0 Å². The van der Waals surface area contributed by atoms with E-state index < -0.39 is 0 Å². The van der Waals surface area contributed by atoms with Gasteiger partial charge < -0.3 is 0 Å². The minimum atomic E-state index is 0. The van der Waals surface area contributed by atoms with Gasteiger partial charge in [-0.3, -0.25) is 28.2 Å². The Balaban J connectivity index is 0. The van der Waals surface area contributed by atoms with Gasteiger partial charge in [0.1, 0.15) is 0 Å². The molecule has 0 saturated heterocycles. The van der Waals surface area contributed by atoms with Gasteiger partial charge in [-0.2, -0.15) is 0 Å². The van der Waals surface area contributed by atoms with Crippen LogP contribution < -0.4 is 0 Å². The summed E-state index contributed by atoms with van der Waals surface area (Å²) in [4.78, 5) is 0. The summed E-state index contributed by atoms with van der Waals surface area (Å²) in [5.41, 5.74) is 0. The Morgan fingerprint density at radius 2 is 0.286 bits per heavy atom. The van der Waals surface area contributed by atoms with Crippen molar-refractivity contribution in [3.05, 3.63) is 0 Å². The van der Waals surface area contributed by atoms with Crippen LogP contribution in [0.5, 0.6) is 0 Å². The summed E-state index contributed by atoms with van der Waals surface area (Å²) in [6.45, 7) is 0. The molecule has 0 nitrogen and oxygen atoms in total. The molecule has 0 aliphatic rings. The van der Waals surface area contributed by atoms with Crippen LogP contribution in [0.1, 0.15) is 0 Å². The van der Waals surface area contributed by atoms with E-state index in [1.165, 1.54) is 0 Å². The summed E-state index contributed by atoms with van der Waals surface area (Å²) >= 11 is 0. The molecular weight excluding hydrogens is 315 g/mol. The van der Waals surface area contributed by atoms with Crippen LogP contribution in [0.4, 0.5) is 28.2 Å². The third-order valence-electron chi connectivity index (χ3n) is 0. The van der Waals surface area contributed by atoms with Crippen molar-refractivity contribution >= 4 is 0 Å². The van der Waals surface area contributed by atoms with Crippen LogP contribution in [0.2, 0.25) is 0 Å². The largest absolute Gasteiger partial charge is 0.269 e. The smallest absolute Gasteiger partial charge is 0 e. The van der Waals surface area contributed by atoms with E-state index in [0.29, 0.717) is 0 Å². The second kappa shape index (κ2) is 747. The van der Waals surface area contributed by atoms with Crippen molar-refractivity contribution in [3.8, 4) is 0 Å². The van der Waals surface area contributed by atoms with Gasteiger partial charge in [-0.25, -0.2) is 0 Å². The Labute approximate surface area is 56.4 Å². The maximum Gasteiger partial charge on any atom is 0 e. The number of hydrogen-bond acceptors (Lipinski definition) is 0. The maximum absolute atomic E-state index is 0. The van der Waals surface area contributed by atoms with Gasteiger partial charge in [-0.1, -0.05) is 0 Å². The second-order valence-electron chi connectivity index (χ2n) is 0. The number of rotatable bonds is 0. The molecule has 7 heteroatoms. The molecule has 0 unspecified atom stereocenters. The first kappa shape index (κ1) is 1200. The van der Waals surface area contributed by atoms with Crippen molar-refractivity contribution in [3.63, 3.8) is 0 Å². The molecule has 0 saturated carbocycles. The SMILES string of the molecule is F.F.F.F.F.F.[Hg]. The van der Waals surface area contributed by atoms with E-state index in [9.17, 15) is 0 Å². The second-order valence-corrected chi connectivity index (χ2v) is 0. The van der Waals surface area contributed by atoms with Gasteiger partial charge in [0.25, 0.3) is 0 Å². The summed E-state index contributed by atoms with van der Waals surface area (Å²) in [6, 6.07) is 0. The summed E-state index contributed by atoms with van der Waals surface area (Å²) in [6.07, 6.45) is 0. The molecule has 0 fully saturated rings. The van der Waals surface area contributed by atoms with Crippen LogP contribution in [-0.4, -0.2) is 0 Å². The molecule has 0 aromatic heterocycles. The summed E-state index contributed by atoms with van der Waals surface area (Å²) in [5.74, 6) is 0. The van der Waals surface area contributed by atoms with Crippen molar-refractivity contribution < 1.29 is 55.9 Å². The Morgan fingerprint density at radius 3 is 0.286 bits per heavy atom. The molecule has 0 atom stereocenters. The predicted molar refractivity (Wildman–Crippen MR) is 15.0 cm³/mol. The molecule has 0 bridgehead atoms. The van der Waals surface area contributed by atoms with Gasteiger partial charge in [0, 0.05) is 27.7 Å². The summed E-state index contributed by atoms with van der Waals surface area (Å²) in [7, 11) is 0. The molecule has 0 spiro atoms. The van der Waals surface area contributed by atoms with E-state index in [1.54, 1.807) is 0 Å². The Kier molecular flexibility index (Phi) is 128000. The molecule has 0 N–H and O–H groups in total. The summed E-state index contributed by atoms with van der Waals surface area (Å²) in [5, 5.41) is 0. The van der Waals surface area contributed by atoms with E-state index in [-0.39, 0.29) is 55.9 Å². The van der Waals surface area contributed by atoms with Crippen LogP contribution in [0, 0.1) is 0 Å². The van der Waals surface area contributed by atoms with Gasteiger partial charge >= 0.3 is 0 Å². The minimum Gasteiger partial charge on any atom is -0.269 e. The van der Waals surface area contributed by atoms with Crippen molar-refractivity contribution in [1.82, 2.24) is 0 Å². The fraction of sp³-hybridized carbons (Fsp3) is 0. The molecule has 50 valence electrons. The van der Waals surface area contributed by atoms with E-state index in [2.05, 4.69) is 0 Å². The zero-order chi connectivity index (χ0) is 0. The normalized spacial score (nSPS) is 0. The fourth-order valence-corrected chi connectivity index (χ4v) is 0. The standard InChI is InChI=1S/6FH.Hg/h6*1H;. The van der Waals surface area contributed by atoms with E-state index >= 15 is 0 Å². The molecule has 0 radical (unpaired) electrons. The Hall–Kier alpha value is 0.515. The predicted octanol–water partition coefficient (Wildman–Crippen LogP) is 0.912. The first-order valence-electron chi connectivity index (χ1n) is 0. The van der Waals surface area contributed by atoms with Gasteiger partial charge in [-0.05, 0) is 0 Å². The fourth-order valence-electron chi connectivity index (χ4n) is 0. The van der Waals surface area contributed by atoms with Crippen molar-refractivity contribution in [2.75, 3.05) is 0 Å². The summed E-state index contributed by atoms with van der Waals surface area (Å²) < 4.78 is 0. The van der Waals surface area contributed by atoms with Crippen LogP contribution in [0.25, 0.3) is 0 Å². The van der Waals surface area contributed by atoms with Crippen LogP contribution in [-0.2, 0) is 27.7 Å². The molecule has 7 heavy (non-hydrogen) atoms. The Morgan fingerprint density at radius 1 is 0.286 bits per heavy atom. The van der Waals surface area contributed by atoms with E-state index in [4.69, 9.17) is 0 Å². The monoisotopic (exact) mass is 322 g/mol. The number of hydrogen-bond donors (Lipinski definition) is 0. The molecular formula is H6F6Hg. The third-order valence-corrected chi connectivity index (χ3v) is 0. The van der Waals surface area contributed by atoms with Gasteiger partial charge in [0.05, 0.1) is 0 Å². The average molecular weight is 321 g/mol. The molecule has 0 heterocycles. The number of halogens is 6. The molecule has 0 aliphatic heterocycles. The zero-order valence-corrected chi connectivity index (χ0v) is 8.65. The molecule has 0 amide bonds. The van der Waals surface area contributed by atoms with Crippen molar-refractivity contribution in [2.24, 2.45) is 0 Å². The van der Waals surface area contributed by atoms with Gasteiger partial charge in [0.2, 0.25) is 0 Å². The van der Waals surface area contributed by atoms with Crippen LogP contribution in [0.15, 0.2) is 0 Å². The van der Waals surface area contributed by atoms with Gasteiger partial charge in [-0.15, -0.1) is 0 Å². The van der Waals surface area contributed by atoms with Crippen LogP contribution >= 0.6 is 0 Å². The van der Waals surface area contributed by atoms with Crippen molar-refractivity contribution in [1.29, 1.82) is 0 Å². The maximum atomic E-state index is 0. The van der Waals surface area contributed by atoms with Crippen LogP contribution in [0.3, 0.4) is 0 Å². The van der Waals surface area contributed by atoms with E-state index in [0.717, 1.165) is 0 Å². The first-order valence-corrected chi connectivity index (χ1v) is 0.